The number of aromatic nitrogens is 2. The second kappa shape index (κ2) is 4.87. The molecular weight excluding hydrogens is 328 g/mol. The lowest BCUT2D eigenvalue weighted by Gasteiger charge is -1.99. The van der Waals surface area contributed by atoms with Crippen LogP contribution < -0.4 is 4.74 Å². The number of ether oxygens (including phenoxy) is 1. The second-order valence-corrected chi connectivity index (χ2v) is 5.33. The van der Waals surface area contributed by atoms with E-state index in [2.05, 4.69) is 25.9 Å². The monoisotopic (exact) mass is 336 g/mol. The lowest BCUT2D eigenvalue weighted by molar-refractivity contribution is 0.415. The van der Waals surface area contributed by atoms with Crippen molar-refractivity contribution in [3.05, 3.63) is 45.9 Å². The van der Waals surface area contributed by atoms with Crippen molar-refractivity contribution in [3.63, 3.8) is 0 Å². The average Bonchev–Trinajstić information content (AvgIpc) is 2.83. The highest BCUT2D eigenvalue weighted by molar-refractivity contribution is 9.10. The highest BCUT2D eigenvalue weighted by Crippen LogP contribution is 2.32. The van der Waals surface area contributed by atoms with Gasteiger partial charge in [-0.3, -0.25) is 0 Å². The van der Waals surface area contributed by atoms with E-state index in [1.165, 1.54) is 0 Å². The van der Waals surface area contributed by atoms with Crippen LogP contribution in [-0.4, -0.2) is 17.1 Å². The quantitative estimate of drug-likeness (QED) is 0.739. The van der Waals surface area contributed by atoms with Crippen LogP contribution in [0.5, 0.6) is 5.75 Å². The van der Waals surface area contributed by atoms with Crippen molar-refractivity contribution in [2.24, 2.45) is 0 Å². The smallest absolute Gasteiger partial charge is 0.139 e. The van der Waals surface area contributed by atoms with Gasteiger partial charge in [0.25, 0.3) is 0 Å². The summed E-state index contributed by atoms with van der Waals surface area (Å²) < 4.78 is 6.18. The Morgan fingerprint density at radius 2 is 2.05 bits per heavy atom. The summed E-state index contributed by atoms with van der Waals surface area (Å²) in [5.74, 6) is 1.48. The van der Waals surface area contributed by atoms with Crippen molar-refractivity contribution in [1.29, 1.82) is 0 Å². The lowest BCUT2D eigenvalue weighted by Crippen LogP contribution is -1.82. The van der Waals surface area contributed by atoms with E-state index in [1.807, 2.05) is 30.3 Å². The van der Waals surface area contributed by atoms with E-state index in [4.69, 9.17) is 16.3 Å². The molecule has 0 aliphatic heterocycles. The Balaban J connectivity index is 2.22. The number of fused-ring (bicyclic) bond motifs is 1. The number of nitrogens with one attached hydrogen (secondary N) is 1. The van der Waals surface area contributed by atoms with Gasteiger partial charge in [0.15, 0.2) is 0 Å². The van der Waals surface area contributed by atoms with Gasteiger partial charge in [-0.05, 0) is 6.07 Å². The summed E-state index contributed by atoms with van der Waals surface area (Å²) in [5, 5.41) is 0.573. The summed E-state index contributed by atoms with van der Waals surface area (Å²) in [6.07, 6.45) is 0. The van der Waals surface area contributed by atoms with Crippen LogP contribution in [0.25, 0.3) is 22.4 Å². The molecule has 0 fully saturated rings. The van der Waals surface area contributed by atoms with E-state index in [0.717, 1.165) is 26.9 Å². The molecule has 0 bridgehead atoms. The van der Waals surface area contributed by atoms with Gasteiger partial charge in [0.1, 0.15) is 17.1 Å². The average molecular weight is 338 g/mol. The molecule has 0 radical (unpaired) electrons. The molecule has 1 aromatic heterocycles. The number of hydrogen-bond acceptors (Lipinski definition) is 2. The fraction of sp³-hybridized carbons (Fsp3) is 0.0714. The van der Waals surface area contributed by atoms with Crippen LogP contribution in [0.3, 0.4) is 0 Å². The van der Waals surface area contributed by atoms with Crippen LogP contribution in [0.4, 0.5) is 0 Å². The van der Waals surface area contributed by atoms with Gasteiger partial charge in [0, 0.05) is 22.2 Å². The first kappa shape index (κ1) is 12.5. The Kier molecular flexibility index (Phi) is 3.21. The molecule has 0 saturated heterocycles. The minimum atomic E-state index is 0.573. The van der Waals surface area contributed by atoms with Crippen LogP contribution in [0.15, 0.2) is 40.9 Å². The molecule has 0 aliphatic carbocycles. The molecule has 3 rings (SSSR count). The molecule has 0 amide bonds. The molecule has 0 spiro atoms. The third-order valence-corrected chi connectivity index (χ3v) is 3.86. The molecule has 0 saturated carbocycles. The zero-order chi connectivity index (χ0) is 13.4. The number of methoxy groups -OCH3 is 1. The summed E-state index contributed by atoms with van der Waals surface area (Å²) in [5.41, 5.74) is 2.59. The molecule has 1 N–H and O–H groups in total. The summed E-state index contributed by atoms with van der Waals surface area (Å²) in [7, 11) is 1.61. The third kappa shape index (κ3) is 2.22. The Morgan fingerprint density at radius 1 is 1.26 bits per heavy atom. The predicted molar refractivity (Wildman–Crippen MR) is 80.8 cm³/mol. The van der Waals surface area contributed by atoms with Gasteiger partial charge in [-0.25, -0.2) is 4.98 Å². The highest BCUT2D eigenvalue weighted by atomic mass is 79.9. The zero-order valence-corrected chi connectivity index (χ0v) is 12.4. The number of H-pyrrole nitrogens is 1. The van der Waals surface area contributed by atoms with Crippen LogP contribution in [-0.2, 0) is 0 Å². The molecule has 5 heteroatoms. The van der Waals surface area contributed by atoms with Gasteiger partial charge in [0.2, 0.25) is 0 Å². The number of nitrogens with zero attached hydrogens (tertiary/aromatic N) is 1. The van der Waals surface area contributed by atoms with Crippen molar-refractivity contribution in [3.8, 4) is 17.1 Å². The molecular formula is C14H10BrClN2O. The molecule has 96 valence electrons. The van der Waals surface area contributed by atoms with Crippen LogP contribution >= 0.6 is 27.5 Å². The first-order valence-corrected chi connectivity index (χ1v) is 6.84. The summed E-state index contributed by atoms with van der Waals surface area (Å²) >= 11 is 9.73. The number of aromatic amines is 1. The summed E-state index contributed by atoms with van der Waals surface area (Å²) in [4.78, 5) is 7.81. The number of hydrogen-bond donors (Lipinski definition) is 1. The van der Waals surface area contributed by atoms with Gasteiger partial charge in [-0.2, -0.15) is 0 Å². The number of imidazole rings is 1. The zero-order valence-electron chi connectivity index (χ0n) is 10.1. The van der Waals surface area contributed by atoms with Crippen LogP contribution in [0, 0.1) is 0 Å². The standard InChI is InChI=1S/C14H10BrClN2O/c1-19-8-6-11(16)13-12(7-8)17-14(18-13)9-4-2-3-5-10(9)15/h2-7H,1H3,(H,17,18). The molecule has 19 heavy (non-hydrogen) atoms. The molecule has 0 atom stereocenters. The number of halogens is 2. The van der Waals surface area contributed by atoms with E-state index in [-0.39, 0.29) is 0 Å². The molecule has 0 unspecified atom stereocenters. The molecule has 3 nitrogen and oxygen atoms in total. The lowest BCUT2D eigenvalue weighted by atomic mass is 10.2. The van der Waals surface area contributed by atoms with E-state index in [0.29, 0.717) is 10.8 Å². The maximum atomic E-state index is 6.21. The third-order valence-electron chi connectivity index (χ3n) is 2.88. The van der Waals surface area contributed by atoms with E-state index in [9.17, 15) is 0 Å². The molecule has 2 aromatic carbocycles. The topological polar surface area (TPSA) is 37.9 Å². The Morgan fingerprint density at radius 3 is 2.79 bits per heavy atom. The number of rotatable bonds is 2. The Hall–Kier alpha value is -1.52. The normalized spacial score (nSPS) is 10.9. The first-order valence-electron chi connectivity index (χ1n) is 5.67. The largest absolute Gasteiger partial charge is 0.497 e. The van der Waals surface area contributed by atoms with E-state index >= 15 is 0 Å². The van der Waals surface area contributed by atoms with Crippen molar-refractivity contribution in [2.75, 3.05) is 7.11 Å². The van der Waals surface area contributed by atoms with Crippen molar-refractivity contribution >= 4 is 38.6 Å². The minimum Gasteiger partial charge on any atom is -0.497 e. The predicted octanol–water partition coefficient (Wildman–Crippen LogP) is 4.65. The maximum Gasteiger partial charge on any atom is 0.139 e. The minimum absolute atomic E-state index is 0.573. The van der Waals surface area contributed by atoms with Gasteiger partial charge in [-0.15, -0.1) is 0 Å². The van der Waals surface area contributed by atoms with Gasteiger partial charge < -0.3 is 9.72 Å². The summed E-state index contributed by atoms with van der Waals surface area (Å²) in [6.45, 7) is 0. The van der Waals surface area contributed by atoms with Crippen molar-refractivity contribution < 1.29 is 4.74 Å². The second-order valence-electron chi connectivity index (χ2n) is 4.07. The molecule has 0 aliphatic rings. The fourth-order valence-corrected chi connectivity index (χ4v) is 2.67. The van der Waals surface area contributed by atoms with Gasteiger partial charge in [-0.1, -0.05) is 45.7 Å². The Bertz CT molecular complexity index is 754. The van der Waals surface area contributed by atoms with Gasteiger partial charge >= 0.3 is 0 Å². The van der Waals surface area contributed by atoms with E-state index < -0.39 is 0 Å². The number of benzene rings is 2. The van der Waals surface area contributed by atoms with Gasteiger partial charge in [0.05, 0.1) is 17.6 Å². The fourth-order valence-electron chi connectivity index (χ4n) is 1.95. The molecule has 1 heterocycles. The van der Waals surface area contributed by atoms with Crippen LogP contribution in [0.2, 0.25) is 5.02 Å². The highest BCUT2D eigenvalue weighted by Gasteiger charge is 2.11. The SMILES string of the molecule is COc1cc(Cl)c2nc(-c3ccccc3Br)[nH]c2c1. The maximum absolute atomic E-state index is 6.21. The van der Waals surface area contributed by atoms with Crippen LogP contribution in [0.1, 0.15) is 0 Å². The van der Waals surface area contributed by atoms with E-state index in [1.54, 1.807) is 13.2 Å². The van der Waals surface area contributed by atoms with Crippen molar-refractivity contribution in [2.45, 2.75) is 0 Å². The Labute approximate surface area is 123 Å². The summed E-state index contributed by atoms with van der Waals surface area (Å²) in [6, 6.07) is 11.5. The first-order chi connectivity index (χ1) is 9.19. The van der Waals surface area contributed by atoms with Crippen molar-refractivity contribution in [1.82, 2.24) is 9.97 Å². The molecule has 3 aromatic rings.